The van der Waals surface area contributed by atoms with Crippen molar-refractivity contribution in [3.8, 4) is 22.5 Å². The maximum atomic E-state index is 12.9. The van der Waals surface area contributed by atoms with Gasteiger partial charge in [-0.05, 0) is 36.2 Å². The summed E-state index contributed by atoms with van der Waals surface area (Å²) in [6.45, 7) is 2.86. The minimum Gasteiger partial charge on any atom is -0.348 e. The van der Waals surface area contributed by atoms with Gasteiger partial charge < -0.3 is 10.3 Å². The van der Waals surface area contributed by atoms with Crippen LogP contribution in [0.15, 0.2) is 108 Å². The normalized spacial score (nSPS) is 10.8. The summed E-state index contributed by atoms with van der Waals surface area (Å²) in [5.41, 5.74) is 6.10. The fourth-order valence-electron chi connectivity index (χ4n) is 4.19. The predicted molar refractivity (Wildman–Crippen MR) is 142 cm³/mol. The first-order valence-electron chi connectivity index (χ1n) is 11.8. The molecule has 0 bridgehead atoms. The second-order valence-electron chi connectivity index (χ2n) is 8.72. The van der Waals surface area contributed by atoms with Crippen LogP contribution in [0.25, 0.3) is 22.5 Å². The second-order valence-corrected chi connectivity index (χ2v) is 8.72. The lowest BCUT2D eigenvalue weighted by atomic mass is 10.1. The molecule has 0 radical (unpaired) electrons. The number of pyridine rings is 1. The minimum absolute atomic E-state index is 0.0735. The molecule has 0 aliphatic heterocycles. The Morgan fingerprint density at radius 3 is 2.33 bits per heavy atom. The van der Waals surface area contributed by atoms with Gasteiger partial charge in [0.1, 0.15) is 5.56 Å². The Morgan fingerprint density at radius 2 is 1.61 bits per heavy atom. The Labute approximate surface area is 209 Å². The van der Waals surface area contributed by atoms with Gasteiger partial charge in [0.15, 0.2) is 0 Å². The summed E-state index contributed by atoms with van der Waals surface area (Å²) >= 11 is 0. The largest absolute Gasteiger partial charge is 0.348 e. The number of nitrogens with one attached hydrogen (secondary N) is 2. The molecule has 0 atom stereocenters. The van der Waals surface area contributed by atoms with Crippen LogP contribution in [0.5, 0.6) is 0 Å². The number of benzene rings is 3. The van der Waals surface area contributed by atoms with Gasteiger partial charge in [-0.2, -0.15) is 5.10 Å². The molecule has 5 aromatic rings. The van der Waals surface area contributed by atoms with Crippen LogP contribution in [0.4, 0.5) is 0 Å². The van der Waals surface area contributed by atoms with Crippen LogP contribution in [0.2, 0.25) is 0 Å². The van der Waals surface area contributed by atoms with Crippen LogP contribution in [0.3, 0.4) is 0 Å². The van der Waals surface area contributed by atoms with Crippen LogP contribution < -0.4 is 10.9 Å². The third-order valence-electron chi connectivity index (χ3n) is 5.99. The smallest absolute Gasteiger partial charge is 0.261 e. The number of aryl methyl sites for hydroxylation is 1. The summed E-state index contributed by atoms with van der Waals surface area (Å²) in [6.07, 6.45) is 1.95. The quantitative estimate of drug-likeness (QED) is 0.341. The average molecular weight is 475 g/mol. The Bertz CT molecular complexity index is 1550. The third-order valence-corrected chi connectivity index (χ3v) is 5.99. The van der Waals surface area contributed by atoms with E-state index < -0.39 is 11.5 Å². The number of aromatic amines is 1. The molecule has 3 aromatic carbocycles. The van der Waals surface area contributed by atoms with Gasteiger partial charge in [-0.25, -0.2) is 0 Å². The third kappa shape index (κ3) is 5.18. The van der Waals surface area contributed by atoms with E-state index in [1.165, 1.54) is 0 Å². The summed E-state index contributed by atoms with van der Waals surface area (Å²) < 4.78 is 1.88. The van der Waals surface area contributed by atoms with Crippen molar-refractivity contribution < 1.29 is 4.79 Å². The van der Waals surface area contributed by atoms with E-state index in [2.05, 4.69) is 22.4 Å². The number of hydrogen-bond donors (Lipinski definition) is 2. The maximum Gasteiger partial charge on any atom is 0.261 e. The van der Waals surface area contributed by atoms with Crippen molar-refractivity contribution in [2.75, 3.05) is 0 Å². The molecule has 0 saturated carbocycles. The molecule has 0 saturated heterocycles. The number of rotatable bonds is 7. The number of carbonyl (C=O) groups excluding carboxylic acids is 1. The molecule has 0 fully saturated rings. The first-order valence-corrected chi connectivity index (χ1v) is 11.8. The van der Waals surface area contributed by atoms with E-state index in [9.17, 15) is 9.59 Å². The first kappa shape index (κ1) is 23.1. The number of hydrogen-bond acceptors (Lipinski definition) is 3. The second kappa shape index (κ2) is 10.3. The van der Waals surface area contributed by atoms with Gasteiger partial charge in [-0.1, -0.05) is 84.4 Å². The van der Waals surface area contributed by atoms with Crippen molar-refractivity contribution in [3.05, 3.63) is 136 Å². The van der Waals surface area contributed by atoms with E-state index in [0.717, 1.165) is 33.5 Å². The molecule has 6 nitrogen and oxygen atoms in total. The van der Waals surface area contributed by atoms with E-state index in [1.807, 2.05) is 90.6 Å². The molecule has 178 valence electrons. The predicted octanol–water partition coefficient (Wildman–Crippen LogP) is 5.19. The fourth-order valence-corrected chi connectivity index (χ4v) is 4.19. The van der Waals surface area contributed by atoms with E-state index in [-0.39, 0.29) is 12.1 Å². The summed E-state index contributed by atoms with van der Waals surface area (Å²) in [5.74, 6) is -0.429. The Kier molecular flexibility index (Phi) is 6.58. The highest BCUT2D eigenvalue weighted by molar-refractivity contribution is 5.94. The standard InChI is InChI=1S/C30H26N4O2/c1-21-9-8-14-24(17-21)27-16-15-26(30(36)32-27)29(35)31-18-25-20-34(19-22-10-4-2-5-11-22)33-28(25)23-12-6-3-7-13-23/h2-17,20H,18-19H2,1H3,(H,31,35)(H,32,36). The molecule has 36 heavy (non-hydrogen) atoms. The van der Waals surface area contributed by atoms with Gasteiger partial charge in [0.2, 0.25) is 0 Å². The topological polar surface area (TPSA) is 79.8 Å². The number of nitrogens with zero attached hydrogens (tertiary/aromatic N) is 2. The highest BCUT2D eigenvalue weighted by Gasteiger charge is 2.15. The number of amides is 1. The van der Waals surface area contributed by atoms with Crippen LogP contribution in [-0.2, 0) is 13.1 Å². The van der Waals surface area contributed by atoms with Crippen molar-refractivity contribution >= 4 is 5.91 Å². The van der Waals surface area contributed by atoms with Gasteiger partial charge in [0, 0.05) is 29.6 Å². The Hall–Kier alpha value is -4.71. The summed E-state index contributed by atoms with van der Waals surface area (Å²) in [5, 5.41) is 7.69. The van der Waals surface area contributed by atoms with Crippen LogP contribution in [-0.4, -0.2) is 20.7 Å². The van der Waals surface area contributed by atoms with Crippen molar-refractivity contribution in [1.29, 1.82) is 0 Å². The Morgan fingerprint density at radius 1 is 0.889 bits per heavy atom. The van der Waals surface area contributed by atoms with Gasteiger partial charge in [0.25, 0.3) is 11.5 Å². The summed E-state index contributed by atoms with van der Waals surface area (Å²) in [7, 11) is 0. The zero-order valence-electron chi connectivity index (χ0n) is 19.9. The number of aromatic nitrogens is 3. The van der Waals surface area contributed by atoms with Crippen LogP contribution >= 0.6 is 0 Å². The van der Waals surface area contributed by atoms with Crippen molar-refractivity contribution in [3.63, 3.8) is 0 Å². The average Bonchev–Trinajstić information content (AvgIpc) is 3.31. The van der Waals surface area contributed by atoms with Crippen LogP contribution in [0, 0.1) is 6.92 Å². The molecular weight excluding hydrogens is 448 g/mol. The van der Waals surface area contributed by atoms with Gasteiger partial charge in [0.05, 0.1) is 12.2 Å². The molecular formula is C30H26N4O2. The summed E-state index contributed by atoms with van der Waals surface area (Å²) in [6, 6.07) is 31.1. The molecule has 2 N–H and O–H groups in total. The molecule has 5 rings (SSSR count). The SMILES string of the molecule is Cc1cccc(-c2ccc(C(=O)NCc3cn(Cc4ccccc4)nc3-c3ccccc3)c(=O)[nH]2)c1. The molecule has 6 heteroatoms. The van der Waals surface area contributed by atoms with Gasteiger partial charge in [-0.3, -0.25) is 14.3 Å². The highest BCUT2D eigenvalue weighted by atomic mass is 16.2. The van der Waals surface area contributed by atoms with Gasteiger partial charge >= 0.3 is 0 Å². The monoisotopic (exact) mass is 474 g/mol. The van der Waals surface area contributed by atoms with Crippen LogP contribution in [0.1, 0.15) is 27.0 Å². The van der Waals surface area contributed by atoms with E-state index >= 15 is 0 Å². The number of H-pyrrole nitrogens is 1. The van der Waals surface area contributed by atoms with E-state index in [0.29, 0.717) is 12.2 Å². The lowest BCUT2D eigenvalue weighted by Crippen LogP contribution is -2.29. The molecule has 0 unspecified atom stereocenters. The minimum atomic E-state index is -0.429. The van der Waals surface area contributed by atoms with Crippen molar-refractivity contribution in [1.82, 2.24) is 20.1 Å². The molecule has 0 aliphatic rings. The van der Waals surface area contributed by atoms with Crippen molar-refractivity contribution in [2.45, 2.75) is 20.0 Å². The van der Waals surface area contributed by atoms with E-state index in [4.69, 9.17) is 5.10 Å². The maximum absolute atomic E-state index is 12.9. The fraction of sp³-hybridized carbons (Fsp3) is 0.100. The zero-order valence-corrected chi connectivity index (χ0v) is 19.9. The first-order chi connectivity index (χ1) is 17.6. The van der Waals surface area contributed by atoms with Gasteiger partial charge in [-0.15, -0.1) is 0 Å². The molecule has 2 heterocycles. The lowest BCUT2D eigenvalue weighted by molar-refractivity contribution is 0.0949. The number of carbonyl (C=O) groups is 1. The molecule has 0 aliphatic carbocycles. The van der Waals surface area contributed by atoms with E-state index in [1.54, 1.807) is 12.1 Å². The zero-order chi connectivity index (χ0) is 24.9. The molecule has 2 aromatic heterocycles. The highest BCUT2D eigenvalue weighted by Crippen LogP contribution is 2.23. The lowest BCUT2D eigenvalue weighted by Gasteiger charge is -2.07. The Balaban J connectivity index is 1.36. The van der Waals surface area contributed by atoms with Crippen molar-refractivity contribution in [2.24, 2.45) is 0 Å². The molecule has 0 spiro atoms. The molecule has 1 amide bonds. The summed E-state index contributed by atoms with van der Waals surface area (Å²) in [4.78, 5) is 28.5.